The Kier molecular flexibility index (Phi) is 5.08. The Labute approximate surface area is 150 Å². The van der Waals surface area contributed by atoms with Gasteiger partial charge in [0.2, 0.25) is 0 Å². The summed E-state index contributed by atoms with van der Waals surface area (Å²) in [6.45, 7) is 8.58. The first-order chi connectivity index (χ1) is 12.0. The van der Waals surface area contributed by atoms with E-state index in [0.29, 0.717) is 0 Å². The number of rotatable bonds is 5. The molecular formula is C23H26N2. The van der Waals surface area contributed by atoms with Gasteiger partial charge in [0, 0.05) is 22.7 Å². The molecule has 2 nitrogen and oxygen atoms in total. The van der Waals surface area contributed by atoms with Gasteiger partial charge in [0.25, 0.3) is 0 Å². The zero-order chi connectivity index (χ0) is 17.8. The Morgan fingerprint density at radius 2 is 1.16 bits per heavy atom. The second kappa shape index (κ2) is 7.43. The van der Waals surface area contributed by atoms with Crippen LogP contribution in [0.1, 0.15) is 29.2 Å². The molecule has 0 amide bonds. The predicted octanol–water partition coefficient (Wildman–Crippen LogP) is 6.66. The summed E-state index contributed by atoms with van der Waals surface area (Å²) in [6, 6.07) is 21.5. The smallest absolute Gasteiger partial charge is 0.0416 e. The molecule has 3 rings (SSSR count). The molecule has 0 atom stereocenters. The fourth-order valence-electron chi connectivity index (χ4n) is 3.04. The molecule has 0 aromatic heterocycles. The van der Waals surface area contributed by atoms with Crippen LogP contribution in [0.2, 0.25) is 0 Å². The minimum atomic E-state index is 1.02. The molecule has 0 fully saturated rings. The minimum absolute atomic E-state index is 1.02. The van der Waals surface area contributed by atoms with E-state index in [-0.39, 0.29) is 0 Å². The van der Waals surface area contributed by atoms with E-state index in [0.717, 1.165) is 23.5 Å². The summed E-state index contributed by atoms with van der Waals surface area (Å²) in [4.78, 5) is 0. The van der Waals surface area contributed by atoms with Crippen LogP contribution in [0, 0.1) is 20.8 Å². The van der Waals surface area contributed by atoms with Crippen molar-refractivity contribution in [2.75, 3.05) is 10.6 Å². The van der Waals surface area contributed by atoms with Gasteiger partial charge in [-0.3, -0.25) is 0 Å². The molecule has 25 heavy (non-hydrogen) atoms. The molecule has 0 bridgehead atoms. The summed E-state index contributed by atoms with van der Waals surface area (Å²) < 4.78 is 0. The molecule has 0 heterocycles. The van der Waals surface area contributed by atoms with Gasteiger partial charge in [0.1, 0.15) is 0 Å². The molecular weight excluding hydrogens is 304 g/mol. The predicted molar refractivity (Wildman–Crippen MR) is 109 cm³/mol. The fourth-order valence-corrected chi connectivity index (χ4v) is 3.04. The molecule has 2 N–H and O–H groups in total. The summed E-state index contributed by atoms with van der Waals surface area (Å²) >= 11 is 0. The lowest BCUT2D eigenvalue weighted by Crippen LogP contribution is -1.97. The van der Waals surface area contributed by atoms with Crippen LogP contribution in [0.15, 0.2) is 60.7 Å². The van der Waals surface area contributed by atoms with Crippen molar-refractivity contribution < 1.29 is 0 Å². The van der Waals surface area contributed by atoms with Crippen molar-refractivity contribution in [2.45, 2.75) is 34.1 Å². The molecule has 3 aromatic carbocycles. The van der Waals surface area contributed by atoms with E-state index in [2.05, 4.69) is 99.0 Å². The molecule has 0 saturated heterocycles. The lowest BCUT2D eigenvalue weighted by Gasteiger charge is -2.14. The average molecular weight is 330 g/mol. The molecule has 0 radical (unpaired) electrons. The Balaban J connectivity index is 1.74. The third-order valence-corrected chi connectivity index (χ3v) is 4.47. The highest BCUT2D eigenvalue weighted by atomic mass is 14.9. The molecule has 0 saturated carbocycles. The summed E-state index contributed by atoms with van der Waals surface area (Å²) in [5.74, 6) is 0. The van der Waals surface area contributed by atoms with E-state index < -0.39 is 0 Å². The van der Waals surface area contributed by atoms with Crippen LogP contribution >= 0.6 is 0 Å². The number of nitrogens with one attached hydrogen (secondary N) is 2. The molecule has 0 aliphatic carbocycles. The third kappa shape index (κ3) is 4.21. The highest BCUT2D eigenvalue weighted by Crippen LogP contribution is 2.26. The van der Waals surface area contributed by atoms with Crippen LogP contribution in [0.3, 0.4) is 0 Å². The Hall–Kier alpha value is -2.74. The maximum atomic E-state index is 3.53. The summed E-state index contributed by atoms with van der Waals surface area (Å²) in [6.07, 6.45) is 1.02. The van der Waals surface area contributed by atoms with Crippen LogP contribution in [0.5, 0.6) is 0 Å². The Morgan fingerprint density at radius 1 is 0.640 bits per heavy atom. The topological polar surface area (TPSA) is 24.1 Å². The lowest BCUT2D eigenvalue weighted by molar-refractivity contribution is 1.13. The number of hydrogen-bond acceptors (Lipinski definition) is 2. The van der Waals surface area contributed by atoms with E-state index in [1.165, 1.54) is 27.9 Å². The third-order valence-electron chi connectivity index (χ3n) is 4.47. The van der Waals surface area contributed by atoms with Gasteiger partial charge in [-0.15, -0.1) is 0 Å². The highest BCUT2D eigenvalue weighted by Gasteiger charge is 2.03. The monoisotopic (exact) mass is 330 g/mol. The summed E-state index contributed by atoms with van der Waals surface area (Å²) in [5.41, 5.74) is 9.72. The molecule has 3 aromatic rings. The van der Waals surface area contributed by atoms with Gasteiger partial charge in [-0.25, -0.2) is 0 Å². The van der Waals surface area contributed by atoms with Gasteiger partial charge in [-0.2, -0.15) is 0 Å². The van der Waals surface area contributed by atoms with E-state index in [9.17, 15) is 0 Å². The molecule has 0 spiro atoms. The zero-order valence-corrected chi connectivity index (χ0v) is 15.5. The minimum Gasteiger partial charge on any atom is -0.355 e. The Bertz CT molecular complexity index is 864. The second-order valence-electron chi connectivity index (χ2n) is 6.66. The van der Waals surface area contributed by atoms with E-state index in [1.54, 1.807) is 0 Å². The van der Waals surface area contributed by atoms with Crippen molar-refractivity contribution in [3.63, 3.8) is 0 Å². The van der Waals surface area contributed by atoms with Crippen molar-refractivity contribution in [3.05, 3.63) is 82.9 Å². The van der Waals surface area contributed by atoms with Gasteiger partial charge in [0.15, 0.2) is 0 Å². The quantitative estimate of drug-likeness (QED) is 0.546. The zero-order valence-electron chi connectivity index (χ0n) is 15.5. The average Bonchev–Trinajstić information content (AvgIpc) is 2.60. The first kappa shape index (κ1) is 17.1. The van der Waals surface area contributed by atoms with E-state index >= 15 is 0 Å². The normalized spacial score (nSPS) is 10.6. The van der Waals surface area contributed by atoms with Crippen molar-refractivity contribution >= 4 is 22.7 Å². The molecule has 0 unspecified atom stereocenters. The fraction of sp³-hybridized carbons (Fsp3) is 0.217. The van der Waals surface area contributed by atoms with E-state index in [1.807, 2.05) is 0 Å². The van der Waals surface area contributed by atoms with E-state index in [4.69, 9.17) is 0 Å². The van der Waals surface area contributed by atoms with Crippen molar-refractivity contribution in [1.29, 1.82) is 0 Å². The van der Waals surface area contributed by atoms with Crippen molar-refractivity contribution in [3.8, 4) is 0 Å². The number of benzene rings is 3. The maximum absolute atomic E-state index is 3.53. The number of hydrogen-bond donors (Lipinski definition) is 2. The van der Waals surface area contributed by atoms with Crippen LogP contribution in [-0.4, -0.2) is 0 Å². The van der Waals surface area contributed by atoms with Gasteiger partial charge in [-0.1, -0.05) is 42.3 Å². The van der Waals surface area contributed by atoms with Crippen LogP contribution < -0.4 is 10.6 Å². The van der Waals surface area contributed by atoms with Crippen LogP contribution in [0.25, 0.3) is 0 Å². The molecule has 0 aliphatic rings. The summed E-state index contributed by atoms with van der Waals surface area (Å²) in [7, 11) is 0. The Morgan fingerprint density at radius 3 is 1.72 bits per heavy atom. The summed E-state index contributed by atoms with van der Waals surface area (Å²) in [5, 5.41) is 7.03. The molecule has 128 valence electrons. The number of aryl methyl sites for hydroxylation is 4. The first-order valence-electron chi connectivity index (χ1n) is 8.86. The lowest BCUT2D eigenvalue weighted by atomic mass is 10.1. The molecule has 2 heteroatoms. The van der Waals surface area contributed by atoms with Gasteiger partial charge in [0.05, 0.1) is 0 Å². The standard InChI is InChI=1S/C23H26N2/c1-5-19-15-17(3)7-13-23(19)25-21-10-8-20(9-11-21)24-22-12-6-16(2)14-18(22)4/h6-15,24-25H,5H2,1-4H3. The number of anilines is 4. The first-order valence-corrected chi connectivity index (χ1v) is 8.86. The SMILES string of the molecule is CCc1cc(C)ccc1Nc1ccc(Nc2ccc(C)cc2C)cc1. The van der Waals surface area contributed by atoms with Crippen molar-refractivity contribution in [2.24, 2.45) is 0 Å². The van der Waals surface area contributed by atoms with Gasteiger partial charge >= 0.3 is 0 Å². The van der Waals surface area contributed by atoms with Crippen molar-refractivity contribution in [1.82, 2.24) is 0 Å². The van der Waals surface area contributed by atoms with Crippen LogP contribution in [0.4, 0.5) is 22.7 Å². The van der Waals surface area contributed by atoms with Crippen LogP contribution in [-0.2, 0) is 6.42 Å². The maximum Gasteiger partial charge on any atom is 0.0416 e. The molecule has 0 aliphatic heterocycles. The second-order valence-corrected chi connectivity index (χ2v) is 6.66. The van der Waals surface area contributed by atoms with Gasteiger partial charge < -0.3 is 10.6 Å². The van der Waals surface area contributed by atoms with Gasteiger partial charge in [-0.05, 0) is 74.7 Å². The highest BCUT2D eigenvalue weighted by molar-refractivity contribution is 5.69. The largest absolute Gasteiger partial charge is 0.355 e.